The van der Waals surface area contributed by atoms with Gasteiger partial charge in [-0.05, 0) is 57.3 Å². The van der Waals surface area contributed by atoms with Gasteiger partial charge in [-0.25, -0.2) is 9.13 Å². The molecule has 3 N–H and O–H groups in total. The van der Waals surface area contributed by atoms with E-state index in [4.69, 9.17) is 37.0 Å². The summed E-state index contributed by atoms with van der Waals surface area (Å²) >= 11 is 0. The molecule has 2 unspecified atom stereocenters. The second-order valence-electron chi connectivity index (χ2n) is 31.1. The topological polar surface area (TPSA) is 237 Å². The molecule has 0 aromatic heterocycles. The Balaban J connectivity index is 5.26. The molecule has 0 saturated carbocycles. The van der Waals surface area contributed by atoms with Gasteiger partial charge in [-0.3, -0.25) is 37.3 Å². The zero-order valence-electron chi connectivity index (χ0n) is 69.1. The number of aliphatic hydroxyl groups excluding tert-OH is 1. The summed E-state index contributed by atoms with van der Waals surface area (Å²) < 4.78 is 68.9. The molecule has 0 spiro atoms. The van der Waals surface area contributed by atoms with Gasteiger partial charge in [0.05, 0.1) is 26.4 Å². The predicted molar refractivity (Wildman–Crippen MR) is 437 cm³/mol. The van der Waals surface area contributed by atoms with Crippen LogP contribution < -0.4 is 0 Å². The number of phosphoric ester groups is 2. The standard InChI is InChI=1S/C87H166O17P2/c1-6-9-12-15-18-21-24-26-28-29-30-31-32-33-39-43-48-53-58-63-68-73-87(92)104-83(77-98-85(90)71-66-61-56-51-46-41-38-35-34-37-40-45-49-54-59-64-69-80(4)5)79-102-106(95,96)100-75-81(88)74-99-105(93,94)101-78-82(76-97-84(89)70-65-60-55-50-44-23-20-17-14-11-8-3)103-86(91)72-67-62-57-52-47-42-36-27-25-22-19-16-13-10-7-2/h22,25,27,36,80-83,88H,6-21,23-24,26,28-35,37-79H2,1-5H3,(H,93,94)(H,95,96)/b25-22-,36-27-/t81-,82+,83+/m0/s1. The van der Waals surface area contributed by atoms with Crippen molar-refractivity contribution < 1.29 is 80.2 Å². The number of carbonyl (C=O) groups is 4. The molecule has 0 saturated heterocycles. The predicted octanol–water partition coefficient (Wildman–Crippen LogP) is 26.3. The van der Waals surface area contributed by atoms with Gasteiger partial charge in [-0.1, -0.05) is 393 Å². The molecule has 19 heteroatoms. The van der Waals surface area contributed by atoms with Crippen molar-refractivity contribution in [1.29, 1.82) is 0 Å². The van der Waals surface area contributed by atoms with Crippen molar-refractivity contribution in [2.45, 2.75) is 464 Å². The summed E-state index contributed by atoms with van der Waals surface area (Å²) in [4.78, 5) is 73.2. The fourth-order valence-electron chi connectivity index (χ4n) is 13.1. The highest BCUT2D eigenvalue weighted by Gasteiger charge is 2.30. The number of esters is 4. The molecule has 0 rings (SSSR count). The molecule has 626 valence electrons. The molecular formula is C87H166O17P2. The van der Waals surface area contributed by atoms with E-state index in [1.807, 2.05) is 0 Å². The van der Waals surface area contributed by atoms with Crippen LogP contribution in [0.4, 0.5) is 0 Å². The van der Waals surface area contributed by atoms with Gasteiger partial charge < -0.3 is 33.8 Å². The van der Waals surface area contributed by atoms with E-state index < -0.39 is 97.5 Å². The first-order valence-electron chi connectivity index (χ1n) is 44.5. The second-order valence-corrected chi connectivity index (χ2v) is 34.0. The largest absolute Gasteiger partial charge is 0.472 e. The molecule has 0 aromatic rings. The highest BCUT2D eigenvalue weighted by atomic mass is 31.2. The number of allylic oxidation sites excluding steroid dienone is 4. The third-order valence-corrected chi connectivity index (χ3v) is 21.8. The molecule has 0 aliphatic heterocycles. The van der Waals surface area contributed by atoms with Gasteiger partial charge in [-0.15, -0.1) is 0 Å². The molecule has 0 bridgehead atoms. The molecule has 0 fully saturated rings. The van der Waals surface area contributed by atoms with E-state index in [0.29, 0.717) is 25.7 Å². The first-order valence-corrected chi connectivity index (χ1v) is 47.4. The second kappa shape index (κ2) is 79.2. The summed E-state index contributed by atoms with van der Waals surface area (Å²) in [6.45, 7) is 7.33. The summed E-state index contributed by atoms with van der Waals surface area (Å²) in [5, 5.41) is 10.7. The van der Waals surface area contributed by atoms with E-state index in [0.717, 1.165) is 109 Å². The van der Waals surface area contributed by atoms with Crippen molar-refractivity contribution in [2.75, 3.05) is 39.6 Å². The SMILES string of the molecule is CCCCCC/C=C\C=C/CCCCCCCC(=O)O[C@H](COC(=O)CCCCCCCCCCCCC)COP(=O)(O)OC[C@H](O)COP(=O)(O)OC[C@@H](COC(=O)CCCCCCCCCCCCCCCCCCC(C)C)OC(=O)CCCCCCCCCCCCCCCCCCCCCCC. The van der Waals surface area contributed by atoms with E-state index in [-0.39, 0.29) is 25.7 Å². The molecule has 0 amide bonds. The lowest BCUT2D eigenvalue weighted by Gasteiger charge is -2.21. The summed E-state index contributed by atoms with van der Waals surface area (Å²) in [6.07, 6.45) is 75.8. The summed E-state index contributed by atoms with van der Waals surface area (Å²) in [5.41, 5.74) is 0. The first-order chi connectivity index (χ1) is 51.5. The fourth-order valence-corrected chi connectivity index (χ4v) is 14.7. The van der Waals surface area contributed by atoms with Gasteiger partial charge in [-0.2, -0.15) is 0 Å². The molecule has 17 nitrogen and oxygen atoms in total. The molecule has 106 heavy (non-hydrogen) atoms. The van der Waals surface area contributed by atoms with Gasteiger partial charge >= 0.3 is 39.5 Å². The van der Waals surface area contributed by atoms with Gasteiger partial charge in [0.2, 0.25) is 0 Å². The molecular weight excluding hydrogens is 1380 g/mol. The maximum absolute atomic E-state index is 13.2. The third kappa shape index (κ3) is 79.6. The Kier molecular flexibility index (Phi) is 77.4. The number of ether oxygens (including phenoxy) is 4. The van der Waals surface area contributed by atoms with Crippen LogP contribution in [0.2, 0.25) is 0 Å². The number of aliphatic hydroxyl groups is 1. The average molecular weight is 1550 g/mol. The van der Waals surface area contributed by atoms with Crippen molar-refractivity contribution in [3.63, 3.8) is 0 Å². The van der Waals surface area contributed by atoms with E-state index in [1.165, 1.54) is 257 Å². The van der Waals surface area contributed by atoms with Crippen LogP contribution in [0, 0.1) is 5.92 Å². The Bertz CT molecular complexity index is 2110. The minimum absolute atomic E-state index is 0.0858. The van der Waals surface area contributed by atoms with Crippen molar-refractivity contribution in [3.05, 3.63) is 24.3 Å². The van der Waals surface area contributed by atoms with E-state index in [9.17, 15) is 43.2 Å². The molecule has 0 aromatic carbocycles. The van der Waals surface area contributed by atoms with E-state index in [1.54, 1.807) is 0 Å². The van der Waals surface area contributed by atoms with Gasteiger partial charge in [0.25, 0.3) is 0 Å². The van der Waals surface area contributed by atoms with Crippen LogP contribution >= 0.6 is 15.6 Å². The van der Waals surface area contributed by atoms with Gasteiger partial charge in [0.1, 0.15) is 19.3 Å². The Morgan fingerprint density at radius 1 is 0.292 bits per heavy atom. The summed E-state index contributed by atoms with van der Waals surface area (Å²) in [5.74, 6) is -1.32. The lowest BCUT2D eigenvalue weighted by molar-refractivity contribution is -0.161. The van der Waals surface area contributed by atoms with Crippen molar-refractivity contribution in [3.8, 4) is 0 Å². The first kappa shape index (κ1) is 104. The minimum Gasteiger partial charge on any atom is -0.462 e. The monoisotopic (exact) mass is 1550 g/mol. The number of rotatable bonds is 85. The van der Waals surface area contributed by atoms with Crippen LogP contribution in [0.5, 0.6) is 0 Å². The lowest BCUT2D eigenvalue weighted by Crippen LogP contribution is -2.30. The highest BCUT2D eigenvalue weighted by molar-refractivity contribution is 7.47. The van der Waals surface area contributed by atoms with Crippen LogP contribution in [0.1, 0.15) is 446 Å². The van der Waals surface area contributed by atoms with E-state index >= 15 is 0 Å². The molecule has 0 radical (unpaired) electrons. The summed E-state index contributed by atoms with van der Waals surface area (Å²) in [7, 11) is -9.94. The maximum Gasteiger partial charge on any atom is 0.472 e. The molecule has 0 aliphatic rings. The maximum atomic E-state index is 13.2. The van der Waals surface area contributed by atoms with Crippen LogP contribution in [0.3, 0.4) is 0 Å². The van der Waals surface area contributed by atoms with Crippen LogP contribution in [-0.4, -0.2) is 96.7 Å². The zero-order valence-corrected chi connectivity index (χ0v) is 70.9. The zero-order chi connectivity index (χ0) is 77.6. The smallest absolute Gasteiger partial charge is 0.462 e. The van der Waals surface area contributed by atoms with Crippen molar-refractivity contribution in [1.82, 2.24) is 0 Å². The molecule has 0 heterocycles. The normalized spacial score (nSPS) is 13.9. The van der Waals surface area contributed by atoms with Gasteiger partial charge in [0.15, 0.2) is 12.2 Å². The number of unbranched alkanes of at least 4 members (excludes halogenated alkanes) is 54. The fraction of sp³-hybridized carbons (Fsp3) is 0.908. The Morgan fingerprint density at radius 3 is 0.774 bits per heavy atom. The lowest BCUT2D eigenvalue weighted by atomic mass is 10.0. The van der Waals surface area contributed by atoms with Gasteiger partial charge in [0, 0.05) is 25.7 Å². The molecule has 5 atom stereocenters. The Morgan fingerprint density at radius 2 is 0.509 bits per heavy atom. The number of hydrogen-bond donors (Lipinski definition) is 3. The quantitative estimate of drug-likeness (QED) is 0.0169. The van der Waals surface area contributed by atoms with Crippen molar-refractivity contribution in [2.24, 2.45) is 5.92 Å². The van der Waals surface area contributed by atoms with Crippen LogP contribution in [0.15, 0.2) is 24.3 Å². The Hall–Kier alpha value is -2.46. The third-order valence-electron chi connectivity index (χ3n) is 19.9. The minimum atomic E-state index is -4.97. The van der Waals surface area contributed by atoms with Crippen LogP contribution in [0.25, 0.3) is 0 Å². The number of carbonyl (C=O) groups excluding carboxylic acids is 4. The average Bonchev–Trinajstić information content (AvgIpc) is 0.906. The molecule has 0 aliphatic carbocycles. The number of phosphoric acid groups is 2. The van der Waals surface area contributed by atoms with Crippen LogP contribution in [-0.2, 0) is 65.4 Å². The highest BCUT2D eigenvalue weighted by Crippen LogP contribution is 2.45. The van der Waals surface area contributed by atoms with E-state index in [2.05, 4.69) is 58.9 Å². The summed E-state index contributed by atoms with van der Waals surface area (Å²) in [6, 6.07) is 0. The Labute approximate surface area is 650 Å². The number of hydrogen-bond acceptors (Lipinski definition) is 15. The van der Waals surface area contributed by atoms with Crippen molar-refractivity contribution >= 4 is 39.5 Å².